The molecule has 8 heteroatoms. The molecule has 0 aliphatic carbocycles. The van der Waals surface area contributed by atoms with Crippen LogP contribution in [-0.4, -0.2) is 54.7 Å². The van der Waals surface area contributed by atoms with Crippen molar-refractivity contribution in [3.8, 4) is 11.5 Å². The molecule has 0 fully saturated rings. The maximum Gasteiger partial charge on any atom is 0.407 e. The van der Waals surface area contributed by atoms with Crippen molar-refractivity contribution in [1.29, 1.82) is 0 Å². The van der Waals surface area contributed by atoms with Gasteiger partial charge >= 0.3 is 12.1 Å². The lowest BCUT2D eigenvalue weighted by molar-refractivity contribution is -0.144. The predicted molar refractivity (Wildman–Crippen MR) is 96.9 cm³/mol. The summed E-state index contributed by atoms with van der Waals surface area (Å²) in [6.45, 7) is 7.22. The van der Waals surface area contributed by atoms with Crippen LogP contribution >= 0.6 is 0 Å². The van der Waals surface area contributed by atoms with Crippen LogP contribution in [0.25, 0.3) is 0 Å². The summed E-state index contributed by atoms with van der Waals surface area (Å²) in [4.78, 5) is 23.2. The first-order valence-corrected chi connectivity index (χ1v) is 8.83. The second kappa shape index (κ2) is 8.94. The summed E-state index contributed by atoms with van der Waals surface area (Å²) in [5.74, 6) is 0.760. The number of hydrogen-bond acceptors (Lipinski definition) is 7. The molecule has 0 saturated carbocycles. The van der Waals surface area contributed by atoms with Crippen molar-refractivity contribution in [3.63, 3.8) is 0 Å². The van der Waals surface area contributed by atoms with Crippen molar-refractivity contribution in [3.05, 3.63) is 23.8 Å². The molecule has 1 amide bonds. The molecule has 8 nitrogen and oxygen atoms in total. The van der Waals surface area contributed by atoms with Crippen molar-refractivity contribution in [2.24, 2.45) is 0 Å². The van der Waals surface area contributed by atoms with Gasteiger partial charge in [-0.1, -0.05) is 6.07 Å². The van der Waals surface area contributed by atoms with Crippen LogP contribution in [0.3, 0.4) is 0 Å². The zero-order chi connectivity index (χ0) is 20.0. The number of carbonyl (C=O) groups is 2. The van der Waals surface area contributed by atoms with Crippen molar-refractivity contribution >= 4 is 12.1 Å². The second-order valence-corrected chi connectivity index (χ2v) is 7.30. The Morgan fingerprint density at radius 2 is 1.89 bits per heavy atom. The highest BCUT2D eigenvalue weighted by molar-refractivity contribution is 5.68. The van der Waals surface area contributed by atoms with Gasteiger partial charge in [0, 0.05) is 6.92 Å². The molecule has 1 aliphatic rings. The monoisotopic (exact) mass is 381 g/mol. The van der Waals surface area contributed by atoms with Crippen molar-refractivity contribution in [2.75, 3.05) is 19.8 Å². The molecule has 2 N–H and O–H groups in total. The van der Waals surface area contributed by atoms with E-state index >= 15 is 0 Å². The minimum absolute atomic E-state index is 0.236. The Hall–Kier alpha value is -2.48. The smallest absolute Gasteiger partial charge is 0.407 e. The van der Waals surface area contributed by atoms with Gasteiger partial charge in [0.1, 0.15) is 31.5 Å². The number of nitrogens with one attached hydrogen (secondary N) is 1. The van der Waals surface area contributed by atoms with E-state index in [0.717, 1.165) is 5.56 Å². The van der Waals surface area contributed by atoms with E-state index in [0.29, 0.717) is 24.7 Å². The largest absolute Gasteiger partial charge is 0.486 e. The molecule has 0 aromatic heterocycles. The summed E-state index contributed by atoms with van der Waals surface area (Å²) in [7, 11) is 0. The average Bonchev–Trinajstić information content (AvgIpc) is 2.57. The Labute approximate surface area is 158 Å². The lowest BCUT2D eigenvalue weighted by Gasteiger charge is -2.27. The van der Waals surface area contributed by atoms with Crippen LogP contribution in [0.4, 0.5) is 4.79 Å². The molecule has 2 atom stereocenters. The fourth-order valence-electron chi connectivity index (χ4n) is 2.53. The number of rotatable bonds is 6. The van der Waals surface area contributed by atoms with E-state index in [1.165, 1.54) is 6.92 Å². The number of carbonyl (C=O) groups excluding carboxylic acids is 2. The van der Waals surface area contributed by atoms with Gasteiger partial charge in [-0.2, -0.15) is 0 Å². The summed E-state index contributed by atoms with van der Waals surface area (Å²) in [5, 5.41) is 13.1. The first-order chi connectivity index (χ1) is 12.6. The van der Waals surface area contributed by atoms with Crippen LogP contribution in [0.1, 0.15) is 33.3 Å². The van der Waals surface area contributed by atoms with Crippen LogP contribution in [0.2, 0.25) is 0 Å². The van der Waals surface area contributed by atoms with E-state index in [1.807, 2.05) is 6.07 Å². The Kier molecular flexibility index (Phi) is 6.90. The Bertz CT molecular complexity index is 669. The number of alkyl carbamates (subject to hydrolysis) is 1. The summed E-state index contributed by atoms with van der Waals surface area (Å²) in [6, 6.07) is 4.70. The van der Waals surface area contributed by atoms with E-state index in [-0.39, 0.29) is 13.0 Å². The highest BCUT2D eigenvalue weighted by Gasteiger charge is 2.26. The Morgan fingerprint density at radius 1 is 1.22 bits per heavy atom. The lowest BCUT2D eigenvalue weighted by atomic mass is 10.0. The zero-order valence-electron chi connectivity index (χ0n) is 16.1. The molecule has 2 rings (SSSR count). The first-order valence-electron chi connectivity index (χ1n) is 8.83. The number of esters is 1. The summed E-state index contributed by atoms with van der Waals surface area (Å²) in [5.41, 5.74) is 0.147. The molecule has 1 aromatic rings. The normalized spacial score (nSPS) is 15.4. The number of aliphatic hydroxyl groups is 1. The molecule has 0 spiro atoms. The van der Waals surface area contributed by atoms with E-state index in [9.17, 15) is 14.7 Å². The van der Waals surface area contributed by atoms with Gasteiger partial charge in [-0.05, 0) is 44.9 Å². The second-order valence-electron chi connectivity index (χ2n) is 7.30. The summed E-state index contributed by atoms with van der Waals surface area (Å²) >= 11 is 0. The van der Waals surface area contributed by atoms with Gasteiger partial charge in [0.15, 0.2) is 11.5 Å². The molecule has 0 saturated heterocycles. The molecule has 1 aliphatic heterocycles. The summed E-state index contributed by atoms with van der Waals surface area (Å²) < 4.78 is 21.2. The quantitative estimate of drug-likeness (QED) is 0.725. The van der Waals surface area contributed by atoms with Gasteiger partial charge in [0.2, 0.25) is 0 Å². The van der Waals surface area contributed by atoms with Gasteiger partial charge in [-0.25, -0.2) is 4.79 Å². The van der Waals surface area contributed by atoms with Gasteiger partial charge in [0.05, 0.1) is 6.04 Å². The van der Waals surface area contributed by atoms with Gasteiger partial charge in [-0.3, -0.25) is 4.79 Å². The maximum absolute atomic E-state index is 12.1. The van der Waals surface area contributed by atoms with Crippen molar-refractivity contribution in [1.82, 2.24) is 5.32 Å². The van der Waals surface area contributed by atoms with Crippen molar-refractivity contribution < 1.29 is 33.6 Å². The van der Waals surface area contributed by atoms with Crippen LogP contribution in [0.5, 0.6) is 11.5 Å². The third-order valence-corrected chi connectivity index (χ3v) is 3.69. The third kappa shape index (κ3) is 6.97. The molecule has 27 heavy (non-hydrogen) atoms. The van der Waals surface area contributed by atoms with Gasteiger partial charge in [0.25, 0.3) is 0 Å². The van der Waals surface area contributed by atoms with E-state index in [4.69, 9.17) is 18.9 Å². The molecule has 0 unspecified atom stereocenters. The van der Waals surface area contributed by atoms with Crippen molar-refractivity contribution in [2.45, 2.75) is 51.9 Å². The van der Waals surface area contributed by atoms with Gasteiger partial charge < -0.3 is 29.4 Å². The van der Waals surface area contributed by atoms with E-state index < -0.39 is 29.8 Å². The third-order valence-electron chi connectivity index (χ3n) is 3.69. The highest BCUT2D eigenvalue weighted by Crippen LogP contribution is 2.31. The first kappa shape index (κ1) is 20.8. The van der Waals surface area contributed by atoms with E-state index in [2.05, 4.69) is 5.32 Å². The fourth-order valence-corrected chi connectivity index (χ4v) is 2.53. The average molecular weight is 381 g/mol. The number of hydrogen-bond donors (Lipinski definition) is 2. The van der Waals surface area contributed by atoms with Crippen LogP contribution in [-0.2, 0) is 20.7 Å². The molecule has 1 aromatic carbocycles. The topological polar surface area (TPSA) is 103 Å². The molecule has 0 radical (unpaired) electrons. The van der Waals surface area contributed by atoms with Gasteiger partial charge in [-0.15, -0.1) is 0 Å². The number of benzene rings is 1. The molecular weight excluding hydrogens is 354 g/mol. The number of ether oxygens (including phenoxy) is 4. The Morgan fingerprint density at radius 3 is 2.52 bits per heavy atom. The SMILES string of the molecule is CC(=O)OC[C@@H](O)[C@H](Cc1ccc2c(c1)OCCO2)NC(=O)OC(C)(C)C. The summed E-state index contributed by atoms with van der Waals surface area (Å²) in [6.07, 6.45) is -1.47. The minimum atomic E-state index is -1.10. The number of fused-ring (bicyclic) bond motifs is 1. The lowest BCUT2D eigenvalue weighted by Crippen LogP contribution is -2.48. The molecule has 1 heterocycles. The predicted octanol–water partition coefficient (Wildman–Crippen LogP) is 1.82. The maximum atomic E-state index is 12.1. The number of amides is 1. The van der Waals surface area contributed by atoms with Crippen LogP contribution in [0.15, 0.2) is 18.2 Å². The minimum Gasteiger partial charge on any atom is -0.486 e. The molecule has 150 valence electrons. The standard InChI is InChI=1S/C19H27NO7/c1-12(21)26-11-15(22)14(20-18(23)27-19(2,3)4)9-13-5-6-16-17(10-13)25-8-7-24-16/h5-6,10,14-15,22H,7-9,11H2,1-4H3,(H,20,23)/t14-,15+/m0/s1. The zero-order valence-corrected chi connectivity index (χ0v) is 16.1. The highest BCUT2D eigenvalue weighted by atomic mass is 16.6. The van der Waals surface area contributed by atoms with Crippen LogP contribution in [0, 0.1) is 0 Å². The molecular formula is C19H27NO7. The molecule has 0 bridgehead atoms. The Balaban J connectivity index is 2.10. The van der Waals surface area contributed by atoms with Crippen LogP contribution < -0.4 is 14.8 Å². The fraction of sp³-hybridized carbons (Fsp3) is 0.579. The van der Waals surface area contributed by atoms with E-state index in [1.54, 1.807) is 32.9 Å². The number of aliphatic hydroxyl groups excluding tert-OH is 1.